The molecule has 0 saturated heterocycles. The maximum absolute atomic E-state index is 13.6. The van der Waals surface area contributed by atoms with E-state index < -0.39 is 62.1 Å². The summed E-state index contributed by atoms with van der Waals surface area (Å²) in [7, 11) is 0. The van der Waals surface area contributed by atoms with Crippen LogP contribution in [0.3, 0.4) is 0 Å². The van der Waals surface area contributed by atoms with E-state index in [1.165, 1.54) is 0 Å². The summed E-state index contributed by atoms with van der Waals surface area (Å²) in [5.41, 5.74) is -3.77. The highest BCUT2D eigenvalue weighted by molar-refractivity contribution is 9.10. The zero-order valence-corrected chi connectivity index (χ0v) is 11.1. The van der Waals surface area contributed by atoms with Crippen LogP contribution in [0.5, 0.6) is 0 Å². The Kier molecular flexibility index (Phi) is 3.96. The molecule has 0 heterocycles. The molecule has 0 nitrogen and oxygen atoms in total. The van der Waals surface area contributed by atoms with E-state index in [1.54, 1.807) is 0 Å². The monoisotopic (exact) mass is 376 g/mol. The number of halogens is 9. The van der Waals surface area contributed by atoms with E-state index >= 15 is 0 Å². The molecule has 0 fully saturated rings. The number of benzene rings is 2. The fourth-order valence-corrected chi connectivity index (χ4v) is 1.97. The van der Waals surface area contributed by atoms with E-state index in [2.05, 4.69) is 15.9 Å². The van der Waals surface area contributed by atoms with E-state index in [9.17, 15) is 35.1 Å². The van der Waals surface area contributed by atoms with Crippen LogP contribution in [0.1, 0.15) is 0 Å². The van der Waals surface area contributed by atoms with Crippen LogP contribution in [0.2, 0.25) is 0 Å². The lowest BCUT2D eigenvalue weighted by atomic mass is 10.0. The lowest BCUT2D eigenvalue weighted by molar-refractivity contribution is 0.437. The Labute approximate surface area is 120 Å². The molecule has 2 aromatic rings. The van der Waals surface area contributed by atoms with Gasteiger partial charge < -0.3 is 0 Å². The molecule has 0 radical (unpaired) electrons. The molecule has 0 spiro atoms. The van der Waals surface area contributed by atoms with Crippen LogP contribution in [-0.4, -0.2) is 0 Å². The van der Waals surface area contributed by atoms with Crippen molar-refractivity contribution in [3.05, 3.63) is 57.1 Å². The van der Waals surface area contributed by atoms with Gasteiger partial charge in [0.2, 0.25) is 0 Å². The summed E-state index contributed by atoms with van der Waals surface area (Å²) >= 11 is 2.19. The Morgan fingerprint density at radius 2 is 0.857 bits per heavy atom. The van der Waals surface area contributed by atoms with Crippen molar-refractivity contribution >= 4 is 15.9 Å². The van der Waals surface area contributed by atoms with Crippen LogP contribution >= 0.6 is 15.9 Å². The Morgan fingerprint density at radius 1 is 0.524 bits per heavy atom. The van der Waals surface area contributed by atoms with Crippen molar-refractivity contribution in [1.82, 2.24) is 0 Å². The summed E-state index contributed by atoms with van der Waals surface area (Å²) in [6, 6.07) is -0.213. The first kappa shape index (κ1) is 15.7. The SMILES string of the molecule is Fc1cc(F)c(F)c(-c2c(F)c(F)c(Br)c(F)c2F)c1F. The molecule has 0 unspecified atom stereocenters. The Morgan fingerprint density at radius 3 is 1.24 bits per heavy atom. The molecule has 0 aliphatic heterocycles. The fourth-order valence-electron chi connectivity index (χ4n) is 1.62. The second-order valence-corrected chi connectivity index (χ2v) is 4.58. The third kappa shape index (κ3) is 2.29. The van der Waals surface area contributed by atoms with Gasteiger partial charge >= 0.3 is 0 Å². The number of rotatable bonds is 1. The normalized spacial score (nSPS) is 11.1. The molecular weight excluding hydrogens is 376 g/mol. The van der Waals surface area contributed by atoms with Crippen molar-refractivity contribution < 1.29 is 35.1 Å². The van der Waals surface area contributed by atoms with Crippen LogP contribution in [0.4, 0.5) is 35.1 Å². The van der Waals surface area contributed by atoms with Gasteiger partial charge in [-0.1, -0.05) is 0 Å². The lowest BCUT2D eigenvalue weighted by Crippen LogP contribution is -2.06. The molecule has 0 aromatic heterocycles. The molecule has 0 N–H and O–H groups in total. The second-order valence-electron chi connectivity index (χ2n) is 3.79. The Hall–Kier alpha value is -1.64. The average molecular weight is 377 g/mol. The summed E-state index contributed by atoms with van der Waals surface area (Å²) < 4.78 is 106. The van der Waals surface area contributed by atoms with Gasteiger partial charge in [0.1, 0.15) is 0 Å². The molecule has 0 bridgehead atoms. The zero-order valence-electron chi connectivity index (χ0n) is 9.48. The highest BCUT2D eigenvalue weighted by Crippen LogP contribution is 2.38. The van der Waals surface area contributed by atoms with E-state index in [1.807, 2.05) is 0 Å². The van der Waals surface area contributed by atoms with E-state index in [4.69, 9.17) is 0 Å². The molecule has 112 valence electrons. The van der Waals surface area contributed by atoms with E-state index in [-0.39, 0.29) is 6.07 Å². The van der Waals surface area contributed by atoms with Crippen molar-refractivity contribution in [3.63, 3.8) is 0 Å². The summed E-state index contributed by atoms with van der Waals surface area (Å²) in [5, 5.41) is 0. The van der Waals surface area contributed by atoms with Crippen LogP contribution in [0.25, 0.3) is 11.1 Å². The summed E-state index contributed by atoms with van der Waals surface area (Å²) in [6.45, 7) is 0. The second kappa shape index (κ2) is 5.28. The van der Waals surface area contributed by atoms with Gasteiger partial charge in [0.05, 0.1) is 15.6 Å². The lowest BCUT2D eigenvalue weighted by Gasteiger charge is -2.11. The van der Waals surface area contributed by atoms with Crippen LogP contribution in [0.15, 0.2) is 10.5 Å². The smallest absolute Gasteiger partial charge is 0.176 e. The Bertz CT molecular complexity index is 701. The van der Waals surface area contributed by atoms with Gasteiger partial charge in [-0.3, -0.25) is 0 Å². The molecule has 9 heteroatoms. The first-order chi connectivity index (χ1) is 9.68. The summed E-state index contributed by atoms with van der Waals surface area (Å²) in [5.74, 6) is -16.8. The molecule has 0 saturated carbocycles. The van der Waals surface area contributed by atoms with Crippen molar-refractivity contribution in [2.75, 3.05) is 0 Å². The third-order valence-electron chi connectivity index (χ3n) is 2.57. The number of hydrogen-bond donors (Lipinski definition) is 0. The molecule has 21 heavy (non-hydrogen) atoms. The van der Waals surface area contributed by atoms with Crippen molar-refractivity contribution in [2.45, 2.75) is 0 Å². The predicted octanol–water partition coefficient (Wildman–Crippen LogP) is 5.23. The van der Waals surface area contributed by atoms with Gasteiger partial charge in [0, 0.05) is 6.07 Å². The minimum Gasteiger partial charge on any atom is -0.204 e. The quantitative estimate of drug-likeness (QED) is 0.363. The Balaban J connectivity index is 3.00. The maximum atomic E-state index is 13.6. The van der Waals surface area contributed by atoms with Crippen LogP contribution in [-0.2, 0) is 0 Å². The van der Waals surface area contributed by atoms with Gasteiger partial charge in [0.15, 0.2) is 46.5 Å². The first-order valence-corrected chi connectivity index (χ1v) is 5.82. The van der Waals surface area contributed by atoms with Crippen LogP contribution in [0, 0.1) is 46.5 Å². The molecule has 2 aromatic carbocycles. The molecule has 0 aliphatic carbocycles. The fraction of sp³-hybridized carbons (Fsp3) is 0. The van der Waals surface area contributed by atoms with Crippen LogP contribution < -0.4 is 0 Å². The minimum absolute atomic E-state index is 0.213. The van der Waals surface area contributed by atoms with Gasteiger partial charge in [-0.2, -0.15) is 0 Å². The van der Waals surface area contributed by atoms with E-state index in [0.29, 0.717) is 0 Å². The van der Waals surface area contributed by atoms with E-state index in [0.717, 1.165) is 0 Å². The predicted molar refractivity (Wildman–Crippen MR) is 59.2 cm³/mol. The molecule has 0 aliphatic rings. The van der Waals surface area contributed by atoms with Gasteiger partial charge in [-0.25, -0.2) is 35.1 Å². The number of hydrogen-bond acceptors (Lipinski definition) is 0. The van der Waals surface area contributed by atoms with Crippen molar-refractivity contribution in [2.24, 2.45) is 0 Å². The molecular formula is C12HBrF8. The van der Waals surface area contributed by atoms with Crippen molar-refractivity contribution in [3.8, 4) is 11.1 Å². The highest BCUT2D eigenvalue weighted by atomic mass is 79.9. The van der Waals surface area contributed by atoms with Gasteiger partial charge in [-0.05, 0) is 15.9 Å². The minimum atomic E-state index is -2.21. The maximum Gasteiger partial charge on any atom is 0.176 e. The first-order valence-electron chi connectivity index (χ1n) is 5.03. The average Bonchev–Trinajstić information content (AvgIpc) is 2.44. The highest BCUT2D eigenvalue weighted by Gasteiger charge is 2.31. The van der Waals surface area contributed by atoms with Gasteiger partial charge in [-0.15, -0.1) is 0 Å². The largest absolute Gasteiger partial charge is 0.204 e. The standard InChI is InChI=1S/C12HBrF8/c13-6-11(20)9(18)5(10(19)12(6)21)4-7(16)2(14)1-3(15)8(4)17/h1H. The van der Waals surface area contributed by atoms with Crippen molar-refractivity contribution in [1.29, 1.82) is 0 Å². The molecule has 0 amide bonds. The van der Waals surface area contributed by atoms with Gasteiger partial charge in [0.25, 0.3) is 0 Å². The summed E-state index contributed by atoms with van der Waals surface area (Å²) in [4.78, 5) is 0. The zero-order chi connectivity index (χ0) is 16.1. The third-order valence-corrected chi connectivity index (χ3v) is 3.27. The topological polar surface area (TPSA) is 0 Å². The molecule has 0 atom stereocenters. The molecule has 2 rings (SSSR count). The summed E-state index contributed by atoms with van der Waals surface area (Å²) in [6.07, 6.45) is 0.